The number of hydrogen-bond acceptors (Lipinski definition) is 6. The second kappa shape index (κ2) is 12.1. The highest BCUT2D eigenvalue weighted by atomic mass is 16.5. The fourth-order valence-corrected chi connectivity index (χ4v) is 1.89. The monoisotopic (exact) mass is 378 g/mol. The van der Waals surface area contributed by atoms with Crippen LogP contribution in [0.15, 0.2) is 47.1 Å². The predicted octanol–water partition coefficient (Wildman–Crippen LogP) is 0.892. The Kier molecular flexibility index (Phi) is 9.72. The van der Waals surface area contributed by atoms with Gasteiger partial charge in [-0.3, -0.25) is 4.79 Å². The standard InChI is InChI=1S/C16H20N2O3.C2H2O4/c1-20-14-6-4-13(5-7-14)8-9-17-12-16(19)18-11-15-3-2-10-21-15;3-1(4)2(5)6/h2-7,10,17H,8-9,11-12H2,1H3,(H,18,19);(H,3,4)(H,5,6). The quantitative estimate of drug-likeness (QED) is 0.392. The van der Waals surface area contributed by atoms with E-state index in [4.69, 9.17) is 29.0 Å². The van der Waals surface area contributed by atoms with Crippen LogP contribution in [0.25, 0.3) is 0 Å². The first-order valence-corrected chi connectivity index (χ1v) is 8.01. The average Bonchev–Trinajstić information content (AvgIpc) is 3.18. The molecule has 0 aliphatic carbocycles. The molecule has 2 aromatic rings. The Morgan fingerprint density at radius 2 is 1.74 bits per heavy atom. The molecule has 0 fully saturated rings. The van der Waals surface area contributed by atoms with Crippen molar-refractivity contribution in [1.29, 1.82) is 0 Å². The molecule has 1 aromatic heterocycles. The molecule has 146 valence electrons. The Hall–Kier alpha value is -3.33. The van der Waals surface area contributed by atoms with Gasteiger partial charge < -0.3 is 30.0 Å². The third-order valence-electron chi connectivity index (χ3n) is 3.26. The summed E-state index contributed by atoms with van der Waals surface area (Å²) < 4.78 is 10.2. The van der Waals surface area contributed by atoms with Crippen molar-refractivity contribution in [2.75, 3.05) is 20.2 Å². The molecule has 2 rings (SSSR count). The number of ether oxygens (including phenoxy) is 1. The second-order valence-corrected chi connectivity index (χ2v) is 5.24. The van der Waals surface area contributed by atoms with Gasteiger partial charge in [0.15, 0.2) is 0 Å². The number of amides is 1. The molecule has 0 aliphatic heterocycles. The van der Waals surface area contributed by atoms with Crippen LogP contribution in [0.5, 0.6) is 5.75 Å². The van der Waals surface area contributed by atoms with Gasteiger partial charge in [-0.25, -0.2) is 9.59 Å². The minimum Gasteiger partial charge on any atom is -0.497 e. The molecule has 1 aromatic carbocycles. The summed E-state index contributed by atoms with van der Waals surface area (Å²) in [6.07, 6.45) is 2.46. The van der Waals surface area contributed by atoms with Gasteiger partial charge in [-0.2, -0.15) is 0 Å². The maximum atomic E-state index is 11.6. The van der Waals surface area contributed by atoms with E-state index >= 15 is 0 Å². The zero-order valence-electron chi connectivity index (χ0n) is 14.8. The molecule has 27 heavy (non-hydrogen) atoms. The topological polar surface area (TPSA) is 138 Å². The number of carbonyl (C=O) groups excluding carboxylic acids is 1. The summed E-state index contributed by atoms with van der Waals surface area (Å²) in [5.41, 5.74) is 1.21. The minimum absolute atomic E-state index is 0.0406. The molecule has 9 nitrogen and oxygen atoms in total. The number of hydrogen-bond donors (Lipinski definition) is 4. The van der Waals surface area contributed by atoms with Crippen LogP contribution in [0.1, 0.15) is 11.3 Å². The highest BCUT2D eigenvalue weighted by molar-refractivity contribution is 6.27. The molecule has 0 atom stereocenters. The van der Waals surface area contributed by atoms with E-state index in [2.05, 4.69) is 10.6 Å². The van der Waals surface area contributed by atoms with Gasteiger partial charge in [0.05, 0.1) is 26.5 Å². The van der Waals surface area contributed by atoms with Crippen LogP contribution >= 0.6 is 0 Å². The highest BCUT2D eigenvalue weighted by Gasteiger charge is 2.04. The van der Waals surface area contributed by atoms with Crippen LogP contribution in [0.4, 0.5) is 0 Å². The van der Waals surface area contributed by atoms with Crippen molar-refractivity contribution in [1.82, 2.24) is 10.6 Å². The smallest absolute Gasteiger partial charge is 0.414 e. The van der Waals surface area contributed by atoms with E-state index in [0.29, 0.717) is 13.1 Å². The van der Waals surface area contributed by atoms with Gasteiger partial charge in [0.25, 0.3) is 0 Å². The Bertz CT molecular complexity index is 700. The molecule has 1 heterocycles. The van der Waals surface area contributed by atoms with Crippen LogP contribution in [-0.2, 0) is 27.3 Å². The number of benzene rings is 1. The van der Waals surface area contributed by atoms with Crippen molar-refractivity contribution in [3.05, 3.63) is 54.0 Å². The first-order valence-electron chi connectivity index (χ1n) is 8.01. The van der Waals surface area contributed by atoms with E-state index < -0.39 is 11.9 Å². The van der Waals surface area contributed by atoms with E-state index in [1.54, 1.807) is 19.4 Å². The molecule has 0 aliphatic rings. The van der Waals surface area contributed by atoms with Crippen molar-refractivity contribution < 1.29 is 33.8 Å². The molecule has 4 N–H and O–H groups in total. The maximum absolute atomic E-state index is 11.6. The summed E-state index contributed by atoms with van der Waals surface area (Å²) in [5, 5.41) is 20.7. The summed E-state index contributed by atoms with van der Waals surface area (Å²) in [7, 11) is 1.65. The number of rotatable bonds is 8. The minimum atomic E-state index is -1.82. The summed E-state index contributed by atoms with van der Waals surface area (Å²) >= 11 is 0. The zero-order chi connectivity index (χ0) is 20.1. The lowest BCUT2D eigenvalue weighted by Gasteiger charge is -2.06. The molecule has 0 unspecified atom stereocenters. The Morgan fingerprint density at radius 1 is 1.07 bits per heavy atom. The number of furan rings is 1. The van der Waals surface area contributed by atoms with E-state index in [1.165, 1.54) is 5.56 Å². The Labute approximate surface area is 155 Å². The van der Waals surface area contributed by atoms with Gasteiger partial charge >= 0.3 is 11.9 Å². The van der Waals surface area contributed by atoms with Crippen molar-refractivity contribution >= 4 is 17.8 Å². The molecular weight excluding hydrogens is 356 g/mol. The number of methoxy groups -OCH3 is 1. The van der Waals surface area contributed by atoms with Gasteiger partial charge in [-0.1, -0.05) is 12.1 Å². The van der Waals surface area contributed by atoms with E-state index in [0.717, 1.165) is 24.5 Å². The number of nitrogens with one attached hydrogen (secondary N) is 2. The Balaban J connectivity index is 0.000000527. The summed E-state index contributed by atoms with van der Waals surface area (Å²) in [5.74, 6) is -2.09. The largest absolute Gasteiger partial charge is 0.497 e. The lowest BCUT2D eigenvalue weighted by Crippen LogP contribution is -2.34. The maximum Gasteiger partial charge on any atom is 0.414 e. The first kappa shape index (κ1) is 21.7. The third kappa shape index (κ3) is 9.66. The van der Waals surface area contributed by atoms with Gasteiger partial charge in [0, 0.05) is 0 Å². The fourth-order valence-electron chi connectivity index (χ4n) is 1.89. The van der Waals surface area contributed by atoms with Crippen molar-refractivity contribution in [2.24, 2.45) is 0 Å². The van der Waals surface area contributed by atoms with E-state index in [9.17, 15) is 4.79 Å². The van der Waals surface area contributed by atoms with Crippen LogP contribution in [-0.4, -0.2) is 48.3 Å². The van der Waals surface area contributed by atoms with Crippen LogP contribution in [0.2, 0.25) is 0 Å². The number of carboxylic acids is 2. The molecule has 0 spiro atoms. The summed E-state index contributed by atoms with van der Waals surface area (Å²) in [6, 6.07) is 11.6. The van der Waals surface area contributed by atoms with Gasteiger partial charge in [0.1, 0.15) is 11.5 Å². The van der Waals surface area contributed by atoms with Crippen molar-refractivity contribution in [2.45, 2.75) is 13.0 Å². The van der Waals surface area contributed by atoms with E-state index in [1.807, 2.05) is 30.3 Å². The van der Waals surface area contributed by atoms with Crippen LogP contribution < -0.4 is 15.4 Å². The molecule has 0 saturated carbocycles. The van der Waals surface area contributed by atoms with Crippen molar-refractivity contribution in [3.63, 3.8) is 0 Å². The summed E-state index contributed by atoms with van der Waals surface area (Å²) in [6.45, 7) is 1.48. The average molecular weight is 378 g/mol. The third-order valence-corrected chi connectivity index (χ3v) is 3.26. The normalized spacial score (nSPS) is 9.67. The molecular formula is C18H22N2O7. The first-order chi connectivity index (χ1) is 12.9. The van der Waals surface area contributed by atoms with Gasteiger partial charge in [-0.15, -0.1) is 0 Å². The molecule has 0 saturated heterocycles. The molecule has 0 radical (unpaired) electrons. The SMILES string of the molecule is COc1ccc(CCNCC(=O)NCc2ccco2)cc1.O=C(O)C(=O)O. The lowest BCUT2D eigenvalue weighted by atomic mass is 10.1. The van der Waals surface area contributed by atoms with Crippen LogP contribution in [0, 0.1) is 0 Å². The van der Waals surface area contributed by atoms with Crippen LogP contribution in [0.3, 0.4) is 0 Å². The number of carbonyl (C=O) groups is 3. The second-order valence-electron chi connectivity index (χ2n) is 5.24. The predicted molar refractivity (Wildman–Crippen MR) is 95.4 cm³/mol. The molecule has 0 bridgehead atoms. The number of carboxylic acid groups (broad SMARTS) is 2. The fraction of sp³-hybridized carbons (Fsp3) is 0.278. The molecule has 9 heteroatoms. The number of aliphatic carboxylic acids is 2. The van der Waals surface area contributed by atoms with E-state index in [-0.39, 0.29) is 5.91 Å². The highest BCUT2D eigenvalue weighted by Crippen LogP contribution is 2.11. The molecule has 1 amide bonds. The zero-order valence-corrected chi connectivity index (χ0v) is 14.8. The Morgan fingerprint density at radius 3 is 2.26 bits per heavy atom. The van der Waals surface area contributed by atoms with Gasteiger partial charge in [-0.05, 0) is 42.8 Å². The lowest BCUT2D eigenvalue weighted by molar-refractivity contribution is -0.159. The van der Waals surface area contributed by atoms with Gasteiger partial charge in [0.2, 0.25) is 5.91 Å². The summed E-state index contributed by atoms with van der Waals surface area (Å²) in [4.78, 5) is 29.8. The van der Waals surface area contributed by atoms with Crippen molar-refractivity contribution in [3.8, 4) is 5.75 Å².